The van der Waals surface area contributed by atoms with Gasteiger partial charge >= 0.3 is 0 Å². The van der Waals surface area contributed by atoms with E-state index in [2.05, 4.69) is 48.6 Å². The van der Waals surface area contributed by atoms with Gasteiger partial charge in [0.15, 0.2) is 5.65 Å². The molecule has 25 heavy (non-hydrogen) atoms. The second-order valence-corrected chi connectivity index (χ2v) is 6.91. The van der Waals surface area contributed by atoms with Crippen molar-refractivity contribution < 1.29 is 5.11 Å². The van der Waals surface area contributed by atoms with Crippen LogP contribution in [-0.4, -0.2) is 20.3 Å². The zero-order chi connectivity index (χ0) is 17.0. The molecule has 1 unspecified atom stereocenters. The molecule has 2 aromatic carbocycles. The maximum Gasteiger partial charge on any atom is 0.160 e. The molecule has 122 valence electrons. The van der Waals surface area contributed by atoms with Crippen LogP contribution in [0.15, 0.2) is 59.3 Å². The second-order valence-electron chi connectivity index (χ2n) is 6.06. The number of halogens is 1. The summed E-state index contributed by atoms with van der Waals surface area (Å²) in [6, 6.07) is 13.7. The first-order valence-electron chi connectivity index (χ1n) is 7.89. The highest BCUT2D eigenvalue weighted by Crippen LogP contribution is 2.43. The van der Waals surface area contributed by atoms with Crippen LogP contribution < -0.4 is 5.32 Å². The highest BCUT2D eigenvalue weighted by Gasteiger charge is 2.26. The highest BCUT2D eigenvalue weighted by atomic mass is 79.9. The van der Waals surface area contributed by atoms with Crippen molar-refractivity contribution in [3.05, 3.63) is 70.5 Å². The average molecular weight is 393 g/mol. The smallest absolute Gasteiger partial charge is 0.160 e. The number of aromatic nitrogens is 3. The molecule has 1 atom stereocenters. The number of aromatic hydroxyl groups is 1. The van der Waals surface area contributed by atoms with Gasteiger partial charge in [-0.25, -0.2) is 0 Å². The van der Waals surface area contributed by atoms with E-state index in [1.54, 1.807) is 6.07 Å². The third-order valence-electron chi connectivity index (χ3n) is 4.64. The van der Waals surface area contributed by atoms with Gasteiger partial charge in [-0.05, 0) is 39.7 Å². The van der Waals surface area contributed by atoms with Crippen molar-refractivity contribution in [2.45, 2.75) is 6.04 Å². The Morgan fingerprint density at radius 1 is 1.08 bits per heavy atom. The Hall–Kier alpha value is -2.86. The lowest BCUT2D eigenvalue weighted by molar-refractivity contribution is 0.471. The summed E-state index contributed by atoms with van der Waals surface area (Å²) in [4.78, 5) is 3.23. The van der Waals surface area contributed by atoms with Crippen molar-refractivity contribution in [2.75, 3.05) is 5.32 Å². The van der Waals surface area contributed by atoms with E-state index < -0.39 is 0 Å². The number of fused-ring (bicyclic) bond motifs is 2. The van der Waals surface area contributed by atoms with E-state index in [1.807, 2.05) is 36.7 Å². The number of benzene rings is 2. The summed E-state index contributed by atoms with van der Waals surface area (Å²) in [6.07, 6.45) is 3.79. The lowest BCUT2D eigenvalue weighted by atomic mass is 9.97. The fraction of sp³-hybridized carbons (Fsp3) is 0.0526. The Bertz CT molecular complexity index is 1120. The van der Waals surface area contributed by atoms with E-state index in [4.69, 9.17) is 0 Å². The van der Waals surface area contributed by atoms with Crippen molar-refractivity contribution in [1.29, 1.82) is 0 Å². The van der Waals surface area contributed by atoms with Crippen LogP contribution in [-0.2, 0) is 0 Å². The molecule has 0 fully saturated rings. The summed E-state index contributed by atoms with van der Waals surface area (Å²) in [6.45, 7) is 0. The predicted octanol–water partition coefficient (Wildman–Crippen LogP) is 4.61. The lowest BCUT2D eigenvalue weighted by Gasteiger charge is -2.20. The first kappa shape index (κ1) is 14.5. The number of H-pyrrole nitrogens is 1. The molecular formula is C19H13BrN4O. The Labute approximate surface area is 151 Å². The van der Waals surface area contributed by atoms with Gasteiger partial charge in [-0.2, -0.15) is 5.10 Å². The summed E-state index contributed by atoms with van der Waals surface area (Å²) >= 11 is 3.42. The van der Waals surface area contributed by atoms with Crippen LogP contribution in [0.3, 0.4) is 0 Å². The Morgan fingerprint density at radius 3 is 2.84 bits per heavy atom. The van der Waals surface area contributed by atoms with Crippen LogP contribution >= 0.6 is 15.9 Å². The first-order valence-corrected chi connectivity index (χ1v) is 8.68. The molecule has 3 N–H and O–H groups in total. The molecule has 0 aliphatic carbocycles. The van der Waals surface area contributed by atoms with Crippen molar-refractivity contribution in [2.24, 2.45) is 0 Å². The topological polar surface area (TPSA) is 73.8 Å². The van der Waals surface area contributed by atoms with Gasteiger partial charge in [0.05, 0.1) is 16.7 Å². The molecule has 0 saturated heterocycles. The minimum atomic E-state index is -0.0720. The number of phenolic OH excluding ortho intramolecular Hbond substituents is 1. The first-order chi connectivity index (χ1) is 12.2. The molecule has 0 amide bonds. The maximum absolute atomic E-state index is 9.83. The van der Waals surface area contributed by atoms with E-state index >= 15 is 0 Å². The summed E-state index contributed by atoms with van der Waals surface area (Å²) < 4.78 is 0.671. The monoisotopic (exact) mass is 392 g/mol. The van der Waals surface area contributed by atoms with Gasteiger partial charge in [0, 0.05) is 34.0 Å². The van der Waals surface area contributed by atoms with Crippen molar-refractivity contribution in [3.8, 4) is 16.9 Å². The van der Waals surface area contributed by atoms with Crippen LogP contribution in [0.25, 0.3) is 22.2 Å². The Kier molecular flexibility index (Phi) is 3.08. The third kappa shape index (κ3) is 2.14. The number of hydrogen-bond acceptors (Lipinski definition) is 4. The number of anilines is 1. The molecular weight excluding hydrogens is 380 g/mol. The van der Waals surface area contributed by atoms with Crippen LogP contribution in [0.2, 0.25) is 0 Å². The lowest BCUT2D eigenvalue weighted by Crippen LogP contribution is -2.11. The number of rotatable bonds is 1. The molecule has 1 aliphatic rings. The molecule has 0 radical (unpaired) electrons. The highest BCUT2D eigenvalue weighted by molar-refractivity contribution is 9.10. The van der Waals surface area contributed by atoms with Crippen LogP contribution in [0.4, 0.5) is 5.69 Å². The molecule has 0 bridgehead atoms. The number of para-hydroxylation sites is 1. The van der Waals surface area contributed by atoms with Crippen molar-refractivity contribution in [1.82, 2.24) is 15.2 Å². The van der Waals surface area contributed by atoms with Gasteiger partial charge in [-0.3, -0.25) is 0 Å². The molecule has 5 nitrogen and oxygen atoms in total. The number of phenols is 1. The van der Waals surface area contributed by atoms with Gasteiger partial charge in [0.1, 0.15) is 5.75 Å². The van der Waals surface area contributed by atoms with E-state index in [-0.39, 0.29) is 11.8 Å². The number of hydrogen-bond donors (Lipinski definition) is 3. The largest absolute Gasteiger partial charge is 0.507 e. The zero-order valence-corrected chi connectivity index (χ0v) is 14.6. The minimum absolute atomic E-state index is 0.0720. The van der Waals surface area contributed by atoms with Crippen molar-refractivity contribution in [3.63, 3.8) is 0 Å². The summed E-state index contributed by atoms with van der Waals surface area (Å²) in [5, 5.41) is 22.9. The second kappa shape index (κ2) is 5.32. The van der Waals surface area contributed by atoms with E-state index in [9.17, 15) is 5.11 Å². The Morgan fingerprint density at radius 2 is 1.96 bits per heavy atom. The molecule has 3 heterocycles. The maximum atomic E-state index is 9.83. The third-order valence-corrected chi connectivity index (χ3v) is 5.27. The summed E-state index contributed by atoms with van der Waals surface area (Å²) in [7, 11) is 0. The fourth-order valence-electron chi connectivity index (χ4n) is 3.47. The molecule has 4 aromatic rings. The van der Waals surface area contributed by atoms with Gasteiger partial charge in [0.25, 0.3) is 0 Å². The van der Waals surface area contributed by atoms with E-state index in [0.717, 1.165) is 39.0 Å². The van der Waals surface area contributed by atoms with Gasteiger partial charge in [-0.15, -0.1) is 5.10 Å². The Balaban J connectivity index is 1.83. The standard InChI is InChI=1S/C19H13BrN4O/c20-14-7-10(5-6-16(14)25)18-13-8-21-19-17(13)12(9-22-24-19)11-3-1-2-4-15(11)23-18/h1-9,18,23,25H,(H,21,24). The van der Waals surface area contributed by atoms with Gasteiger partial charge in [0.2, 0.25) is 0 Å². The summed E-state index contributed by atoms with van der Waals surface area (Å²) in [5.41, 5.74) is 6.13. The number of nitrogens with zero attached hydrogens (tertiary/aromatic N) is 2. The normalized spacial score (nSPS) is 15.5. The van der Waals surface area contributed by atoms with Gasteiger partial charge < -0.3 is 15.4 Å². The zero-order valence-electron chi connectivity index (χ0n) is 13.0. The predicted molar refractivity (Wildman–Crippen MR) is 101 cm³/mol. The fourth-order valence-corrected chi connectivity index (χ4v) is 3.87. The number of nitrogens with one attached hydrogen (secondary N) is 2. The minimum Gasteiger partial charge on any atom is -0.507 e. The van der Waals surface area contributed by atoms with E-state index in [1.165, 1.54) is 0 Å². The molecule has 1 aliphatic heterocycles. The number of aromatic amines is 1. The van der Waals surface area contributed by atoms with Crippen molar-refractivity contribution >= 4 is 32.7 Å². The van der Waals surface area contributed by atoms with E-state index in [0.29, 0.717) is 4.47 Å². The van der Waals surface area contributed by atoms with Crippen LogP contribution in [0, 0.1) is 0 Å². The summed E-state index contributed by atoms with van der Waals surface area (Å²) in [5.74, 6) is 0.225. The van der Waals surface area contributed by atoms with Crippen LogP contribution in [0.1, 0.15) is 17.2 Å². The molecule has 5 rings (SSSR count). The quantitative estimate of drug-likeness (QED) is 0.442. The average Bonchev–Trinajstić information content (AvgIpc) is 3.00. The SMILES string of the molecule is Oc1ccc(C2Nc3ccccc3-c3cnnc4[nH]cc2c34)cc1Br. The molecule has 0 spiro atoms. The van der Waals surface area contributed by atoms with Gasteiger partial charge in [-0.1, -0.05) is 24.3 Å². The molecule has 2 aromatic heterocycles. The molecule has 6 heteroatoms. The van der Waals surface area contributed by atoms with Crippen LogP contribution in [0.5, 0.6) is 5.75 Å². The molecule has 0 saturated carbocycles.